The van der Waals surface area contributed by atoms with Crippen LogP contribution in [-0.2, 0) is 13.1 Å². The van der Waals surface area contributed by atoms with Gasteiger partial charge < -0.3 is 10.2 Å². The topological polar surface area (TPSA) is 74.6 Å². The molecular formula is C26H34N6O. The predicted octanol–water partition coefficient (Wildman–Crippen LogP) is 4.68. The van der Waals surface area contributed by atoms with Crippen molar-refractivity contribution in [1.29, 1.82) is 0 Å². The molecule has 0 aliphatic heterocycles. The number of benzene rings is 2. The normalized spacial score (nSPS) is 11.4. The first-order chi connectivity index (χ1) is 15.8. The van der Waals surface area contributed by atoms with Gasteiger partial charge in [-0.2, -0.15) is 5.10 Å². The van der Waals surface area contributed by atoms with Gasteiger partial charge in [-0.25, -0.2) is 4.99 Å². The van der Waals surface area contributed by atoms with E-state index in [4.69, 9.17) is 4.99 Å². The van der Waals surface area contributed by atoms with Crippen molar-refractivity contribution in [1.82, 2.24) is 15.1 Å². The number of aryl methyl sites for hydroxylation is 4. The molecule has 0 saturated carbocycles. The number of nitrogens with zero attached hydrogens (tertiary/aromatic N) is 4. The van der Waals surface area contributed by atoms with Gasteiger partial charge in [-0.3, -0.25) is 14.8 Å². The molecule has 1 amide bonds. The average molecular weight is 447 g/mol. The van der Waals surface area contributed by atoms with Crippen LogP contribution in [0.15, 0.2) is 53.7 Å². The van der Waals surface area contributed by atoms with E-state index in [-0.39, 0.29) is 5.91 Å². The zero-order chi connectivity index (χ0) is 24.0. The van der Waals surface area contributed by atoms with Gasteiger partial charge in [-0.1, -0.05) is 25.1 Å². The van der Waals surface area contributed by atoms with Crippen LogP contribution in [0.5, 0.6) is 0 Å². The van der Waals surface area contributed by atoms with Crippen molar-refractivity contribution >= 4 is 23.2 Å². The zero-order valence-electron chi connectivity index (χ0n) is 20.4. The van der Waals surface area contributed by atoms with Crippen LogP contribution in [0.2, 0.25) is 0 Å². The Morgan fingerprint density at radius 1 is 1.12 bits per heavy atom. The molecule has 2 N–H and O–H groups in total. The Labute approximate surface area is 196 Å². The molecule has 0 aliphatic rings. The lowest BCUT2D eigenvalue weighted by atomic mass is 10.1. The summed E-state index contributed by atoms with van der Waals surface area (Å²) in [6.45, 7) is 9.47. The summed E-state index contributed by atoms with van der Waals surface area (Å²) < 4.78 is 1.95. The Bertz CT molecular complexity index is 1150. The molecule has 0 spiro atoms. The minimum atomic E-state index is -0.214. The SMILES string of the molecule is CCCn1cc(CN=C(NC(=O)c2cccc(N(C)C)c2)Nc2cc(C)ccc2C)c(C)n1. The van der Waals surface area contributed by atoms with Gasteiger partial charge in [0.2, 0.25) is 5.96 Å². The third-order valence-electron chi connectivity index (χ3n) is 5.41. The lowest BCUT2D eigenvalue weighted by Crippen LogP contribution is -2.36. The number of aliphatic imine (C=N–C) groups is 1. The highest BCUT2D eigenvalue weighted by atomic mass is 16.1. The van der Waals surface area contributed by atoms with Crippen molar-refractivity contribution in [2.45, 2.75) is 47.2 Å². The van der Waals surface area contributed by atoms with E-state index in [2.05, 4.69) is 34.8 Å². The largest absolute Gasteiger partial charge is 0.378 e. The molecule has 0 fully saturated rings. The first-order valence-corrected chi connectivity index (χ1v) is 11.3. The Balaban J connectivity index is 1.87. The molecule has 3 rings (SSSR count). The quantitative estimate of drug-likeness (QED) is 0.408. The van der Waals surface area contributed by atoms with Gasteiger partial charge in [0.1, 0.15) is 0 Å². The van der Waals surface area contributed by atoms with Crippen LogP contribution >= 0.6 is 0 Å². The van der Waals surface area contributed by atoms with Crippen molar-refractivity contribution < 1.29 is 4.79 Å². The van der Waals surface area contributed by atoms with E-state index >= 15 is 0 Å². The number of hydrogen-bond donors (Lipinski definition) is 2. The summed E-state index contributed by atoms with van der Waals surface area (Å²) in [5, 5.41) is 10.9. The summed E-state index contributed by atoms with van der Waals surface area (Å²) in [6.07, 6.45) is 3.05. The molecule has 33 heavy (non-hydrogen) atoms. The maximum absolute atomic E-state index is 13.1. The molecule has 0 radical (unpaired) electrons. The molecule has 1 aromatic heterocycles. The second kappa shape index (κ2) is 10.8. The lowest BCUT2D eigenvalue weighted by molar-refractivity contribution is 0.0977. The fourth-order valence-corrected chi connectivity index (χ4v) is 3.44. The second-order valence-electron chi connectivity index (χ2n) is 8.51. The van der Waals surface area contributed by atoms with E-state index in [1.54, 1.807) is 6.07 Å². The molecule has 2 aromatic carbocycles. The number of carbonyl (C=O) groups is 1. The van der Waals surface area contributed by atoms with Gasteiger partial charge in [0.15, 0.2) is 0 Å². The highest BCUT2D eigenvalue weighted by Gasteiger charge is 2.13. The number of guanidine groups is 1. The molecule has 0 bridgehead atoms. The van der Waals surface area contributed by atoms with Crippen molar-refractivity contribution in [2.24, 2.45) is 4.99 Å². The minimum Gasteiger partial charge on any atom is -0.378 e. The minimum absolute atomic E-state index is 0.214. The number of rotatable bonds is 7. The molecule has 0 saturated heterocycles. The van der Waals surface area contributed by atoms with Gasteiger partial charge in [0, 0.05) is 49.3 Å². The number of aromatic nitrogens is 2. The average Bonchev–Trinajstić information content (AvgIpc) is 3.13. The van der Waals surface area contributed by atoms with Gasteiger partial charge in [0.05, 0.1) is 12.2 Å². The summed E-state index contributed by atoms with van der Waals surface area (Å²) in [5.74, 6) is 0.195. The van der Waals surface area contributed by atoms with Crippen LogP contribution in [0.4, 0.5) is 11.4 Å². The Morgan fingerprint density at radius 2 is 1.91 bits per heavy atom. The molecule has 0 aliphatic carbocycles. The summed E-state index contributed by atoms with van der Waals surface area (Å²) >= 11 is 0. The molecule has 7 nitrogen and oxygen atoms in total. The molecule has 1 heterocycles. The summed E-state index contributed by atoms with van der Waals surface area (Å²) in [5.41, 5.74) is 6.63. The maximum atomic E-state index is 13.1. The summed E-state index contributed by atoms with van der Waals surface area (Å²) in [6, 6.07) is 13.7. The summed E-state index contributed by atoms with van der Waals surface area (Å²) in [4.78, 5) is 19.8. The van der Waals surface area contributed by atoms with Crippen molar-refractivity contribution in [3.8, 4) is 0 Å². The van der Waals surface area contributed by atoms with Gasteiger partial charge in [0.25, 0.3) is 5.91 Å². The number of amides is 1. The number of carbonyl (C=O) groups excluding carboxylic acids is 1. The van der Waals surface area contributed by atoms with Crippen molar-refractivity contribution in [2.75, 3.05) is 24.3 Å². The molecule has 0 unspecified atom stereocenters. The Hall–Kier alpha value is -3.61. The van der Waals surface area contributed by atoms with Gasteiger partial charge in [-0.15, -0.1) is 0 Å². The van der Waals surface area contributed by atoms with Crippen molar-refractivity contribution in [3.63, 3.8) is 0 Å². The Morgan fingerprint density at radius 3 is 2.64 bits per heavy atom. The van der Waals surface area contributed by atoms with E-state index < -0.39 is 0 Å². The van der Waals surface area contributed by atoms with E-state index in [0.29, 0.717) is 18.1 Å². The molecule has 7 heteroatoms. The molecule has 0 atom stereocenters. The zero-order valence-corrected chi connectivity index (χ0v) is 20.4. The van der Waals surface area contributed by atoms with Crippen molar-refractivity contribution in [3.05, 3.63) is 76.6 Å². The third kappa shape index (κ3) is 6.44. The van der Waals surface area contributed by atoms with Crippen LogP contribution in [0.3, 0.4) is 0 Å². The molecular weight excluding hydrogens is 412 g/mol. The van der Waals surface area contributed by atoms with E-state index in [1.807, 2.05) is 74.9 Å². The van der Waals surface area contributed by atoms with Gasteiger partial charge >= 0.3 is 0 Å². The molecule has 3 aromatic rings. The maximum Gasteiger partial charge on any atom is 0.258 e. The predicted molar refractivity (Wildman–Crippen MR) is 136 cm³/mol. The van der Waals surface area contributed by atoms with Crippen LogP contribution < -0.4 is 15.5 Å². The van der Waals surface area contributed by atoms with Gasteiger partial charge in [-0.05, 0) is 62.6 Å². The van der Waals surface area contributed by atoms with E-state index in [1.165, 1.54) is 0 Å². The molecule has 174 valence electrons. The fraction of sp³-hybridized carbons (Fsp3) is 0.346. The number of hydrogen-bond acceptors (Lipinski definition) is 4. The smallest absolute Gasteiger partial charge is 0.258 e. The van der Waals surface area contributed by atoms with E-state index in [9.17, 15) is 4.79 Å². The highest BCUT2D eigenvalue weighted by molar-refractivity contribution is 6.10. The van der Waals surface area contributed by atoms with Crippen LogP contribution in [-0.4, -0.2) is 35.7 Å². The fourth-order valence-electron chi connectivity index (χ4n) is 3.44. The first kappa shape index (κ1) is 24.0. The van der Waals surface area contributed by atoms with E-state index in [0.717, 1.165) is 46.7 Å². The summed E-state index contributed by atoms with van der Waals surface area (Å²) in [7, 11) is 3.90. The Kier molecular flexibility index (Phi) is 7.87. The van der Waals surface area contributed by atoms with Crippen LogP contribution in [0.1, 0.15) is 46.1 Å². The van der Waals surface area contributed by atoms with Crippen LogP contribution in [0, 0.1) is 20.8 Å². The third-order valence-corrected chi connectivity index (χ3v) is 5.41. The van der Waals surface area contributed by atoms with Crippen LogP contribution in [0.25, 0.3) is 0 Å². The monoisotopic (exact) mass is 446 g/mol. The first-order valence-electron chi connectivity index (χ1n) is 11.3. The highest BCUT2D eigenvalue weighted by Crippen LogP contribution is 2.17. The second-order valence-corrected chi connectivity index (χ2v) is 8.51. The number of anilines is 2. The number of nitrogens with one attached hydrogen (secondary N) is 2. The standard InChI is InChI=1S/C26H34N6O/c1-7-13-32-17-22(20(4)30-32)16-27-26(28-24-14-18(2)11-12-19(24)3)29-25(33)21-9-8-10-23(15-21)31(5)6/h8-12,14-15,17H,7,13,16H2,1-6H3,(H2,27,28,29,33). The lowest BCUT2D eigenvalue weighted by Gasteiger charge is -2.16.